The van der Waals surface area contributed by atoms with Crippen molar-refractivity contribution in [3.05, 3.63) is 58.7 Å². The highest BCUT2D eigenvalue weighted by atomic mass is 19.4. The number of nitrogens with one attached hydrogen (secondary N) is 1. The Balaban J connectivity index is 2.01. The summed E-state index contributed by atoms with van der Waals surface area (Å²) in [6.45, 7) is 0. The van der Waals surface area contributed by atoms with Crippen LogP contribution >= 0.6 is 0 Å². The molecule has 5 nitrogen and oxygen atoms in total. The fourth-order valence-corrected chi connectivity index (χ4v) is 5.10. The van der Waals surface area contributed by atoms with Gasteiger partial charge in [-0.15, -0.1) is 0 Å². The number of halogens is 3. The molecule has 0 spiro atoms. The van der Waals surface area contributed by atoms with E-state index in [0.717, 1.165) is 25.3 Å². The normalized spacial score (nSPS) is 21.5. The lowest BCUT2D eigenvalue weighted by Crippen LogP contribution is -2.44. The zero-order valence-electron chi connectivity index (χ0n) is 16.9. The molecule has 1 heterocycles. The summed E-state index contributed by atoms with van der Waals surface area (Å²) in [4.78, 5) is 25.7. The molecule has 1 fully saturated rings. The van der Waals surface area contributed by atoms with Crippen LogP contribution in [-0.4, -0.2) is 24.1 Å². The van der Waals surface area contributed by atoms with E-state index in [2.05, 4.69) is 5.32 Å². The molecule has 164 valence electrons. The SMILES string of the molecule is COC(=O)c1cc(C2(C3CCCCC3)C(=O)Nc3c(C(F)(F)F)cccc32)ccc1O. The molecular formula is C23H22F3NO4. The second-order valence-electron chi connectivity index (χ2n) is 8.05. The number of carbonyl (C=O) groups is 2. The molecule has 2 N–H and O–H groups in total. The van der Waals surface area contributed by atoms with Crippen LogP contribution in [0.1, 0.15) is 59.2 Å². The van der Waals surface area contributed by atoms with Crippen molar-refractivity contribution in [2.45, 2.75) is 43.7 Å². The van der Waals surface area contributed by atoms with E-state index in [9.17, 15) is 27.9 Å². The number of para-hydroxylation sites is 1. The van der Waals surface area contributed by atoms with Gasteiger partial charge >= 0.3 is 12.1 Å². The molecule has 0 radical (unpaired) electrons. The average Bonchev–Trinajstić information content (AvgIpc) is 3.06. The topological polar surface area (TPSA) is 75.6 Å². The first-order valence-corrected chi connectivity index (χ1v) is 10.1. The molecule has 1 saturated carbocycles. The fourth-order valence-electron chi connectivity index (χ4n) is 5.10. The summed E-state index contributed by atoms with van der Waals surface area (Å²) < 4.78 is 45.8. The van der Waals surface area contributed by atoms with Crippen molar-refractivity contribution >= 4 is 17.6 Å². The van der Waals surface area contributed by atoms with Crippen LogP contribution in [0, 0.1) is 5.92 Å². The van der Waals surface area contributed by atoms with E-state index in [1.807, 2.05) is 0 Å². The van der Waals surface area contributed by atoms with Gasteiger partial charge in [-0.1, -0.05) is 37.5 Å². The third kappa shape index (κ3) is 3.25. The van der Waals surface area contributed by atoms with Gasteiger partial charge in [-0.25, -0.2) is 4.79 Å². The first-order valence-electron chi connectivity index (χ1n) is 10.1. The van der Waals surface area contributed by atoms with Crippen LogP contribution in [0.25, 0.3) is 0 Å². The minimum absolute atomic E-state index is 0.136. The number of methoxy groups -OCH3 is 1. The van der Waals surface area contributed by atoms with Gasteiger partial charge in [-0.2, -0.15) is 13.2 Å². The Morgan fingerprint density at radius 2 is 1.87 bits per heavy atom. The Labute approximate surface area is 177 Å². The predicted molar refractivity (Wildman–Crippen MR) is 107 cm³/mol. The highest BCUT2D eigenvalue weighted by Crippen LogP contribution is 2.54. The molecule has 1 aliphatic heterocycles. The second kappa shape index (κ2) is 7.59. The molecule has 1 aliphatic carbocycles. The number of benzene rings is 2. The standard InChI is InChI=1S/C23H22F3NO4/c1-31-20(29)15-12-14(10-11-18(15)28)22(13-6-3-2-4-7-13)16-8-5-9-17(23(24,25)26)19(16)27-21(22)30/h5,8-13,28H,2-4,6-7H2,1H3,(H,27,30). The number of hydrogen-bond acceptors (Lipinski definition) is 4. The van der Waals surface area contributed by atoms with E-state index in [-0.39, 0.29) is 28.5 Å². The van der Waals surface area contributed by atoms with E-state index in [0.29, 0.717) is 18.4 Å². The zero-order chi connectivity index (χ0) is 22.4. The Kier molecular flexibility index (Phi) is 5.19. The number of alkyl halides is 3. The Morgan fingerprint density at radius 3 is 2.52 bits per heavy atom. The quantitative estimate of drug-likeness (QED) is 0.667. The molecule has 0 bridgehead atoms. The molecule has 0 saturated heterocycles. The number of esters is 1. The Morgan fingerprint density at radius 1 is 1.16 bits per heavy atom. The molecule has 2 aromatic rings. The minimum atomic E-state index is -4.63. The van der Waals surface area contributed by atoms with Gasteiger partial charge in [-0.3, -0.25) is 4.79 Å². The minimum Gasteiger partial charge on any atom is -0.507 e. The van der Waals surface area contributed by atoms with Crippen molar-refractivity contribution in [1.82, 2.24) is 0 Å². The highest BCUT2D eigenvalue weighted by molar-refractivity contribution is 6.10. The van der Waals surface area contributed by atoms with Crippen molar-refractivity contribution in [3.8, 4) is 5.75 Å². The summed E-state index contributed by atoms with van der Waals surface area (Å²) in [6.07, 6.45) is -0.596. The molecule has 0 aromatic heterocycles. The van der Waals surface area contributed by atoms with E-state index >= 15 is 0 Å². The number of ether oxygens (including phenoxy) is 1. The van der Waals surface area contributed by atoms with E-state index in [4.69, 9.17) is 4.74 Å². The maximum atomic E-state index is 13.7. The number of anilines is 1. The molecule has 31 heavy (non-hydrogen) atoms. The summed E-state index contributed by atoms with van der Waals surface area (Å²) in [6, 6.07) is 7.96. The van der Waals surface area contributed by atoms with Crippen molar-refractivity contribution in [2.75, 3.05) is 12.4 Å². The van der Waals surface area contributed by atoms with Crippen LogP contribution in [0.5, 0.6) is 5.75 Å². The number of amides is 1. The Bertz CT molecular complexity index is 1040. The average molecular weight is 433 g/mol. The fraction of sp³-hybridized carbons (Fsp3) is 0.391. The van der Waals surface area contributed by atoms with E-state index in [1.165, 1.54) is 31.4 Å². The van der Waals surface area contributed by atoms with Crippen LogP contribution in [-0.2, 0) is 21.1 Å². The number of aromatic hydroxyl groups is 1. The lowest BCUT2D eigenvalue weighted by Gasteiger charge is -2.39. The molecule has 2 aliphatic rings. The molecule has 4 rings (SSSR count). The van der Waals surface area contributed by atoms with Crippen molar-refractivity contribution in [3.63, 3.8) is 0 Å². The largest absolute Gasteiger partial charge is 0.507 e. The summed E-state index contributed by atoms with van der Waals surface area (Å²) >= 11 is 0. The lowest BCUT2D eigenvalue weighted by molar-refractivity contribution is -0.136. The maximum absolute atomic E-state index is 13.7. The summed E-state index contributed by atoms with van der Waals surface area (Å²) in [5, 5.41) is 12.6. The number of phenols is 1. The number of rotatable bonds is 3. The third-order valence-corrected chi connectivity index (χ3v) is 6.47. The second-order valence-corrected chi connectivity index (χ2v) is 8.05. The summed E-state index contributed by atoms with van der Waals surface area (Å²) in [5.41, 5.74) is -2.05. The predicted octanol–water partition coefficient (Wildman–Crippen LogP) is 5.02. The van der Waals surface area contributed by atoms with Gasteiger partial charge in [0.05, 0.1) is 18.4 Å². The van der Waals surface area contributed by atoms with Crippen LogP contribution in [0.3, 0.4) is 0 Å². The van der Waals surface area contributed by atoms with Gasteiger partial charge in [0.2, 0.25) is 5.91 Å². The lowest BCUT2D eigenvalue weighted by atomic mass is 9.61. The van der Waals surface area contributed by atoms with Gasteiger partial charge in [0.15, 0.2) is 0 Å². The van der Waals surface area contributed by atoms with Gasteiger partial charge in [0, 0.05) is 0 Å². The van der Waals surface area contributed by atoms with Crippen molar-refractivity contribution in [1.29, 1.82) is 0 Å². The van der Waals surface area contributed by atoms with Gasteiger partial charge in [0.1, 0.15) is 16.7 Å². The molecule has 1 amide bonds. The number of fused-ring (bicyclic) bond motifs is 1. The van der Waals surface area contributed by atoms with Crippen molar-refractivity contribution in [2.24, 2.45) is 5.92 Å². The van der Waals surface area contributed by atoms with Gasteiger partial charge in [0.25, 0.3) is 0 Å². The van der Waals surface area contributed by atoms with E-state index < -0.39 is 29.0 Å². The zero-order valence-corrected chi connectivity index (χ0v) is 16.9. The highest BCUT2D eigenvalue weighted by Gasteiger charge is 2.55. The molecule has 1 unspecified atom stereocenters. The summed E-state index contributed by atoms with van der Waals surface area (Å²) in [5.74, 6) is -1.91. The Hall–Kier alpha value is -3.03. The first-order chi connectivity index (χ1) is 14.7. The molecule has 2 aromatic carbocycles. The van der Waals surface area contributed by atoms with Crippen LogP contribution in [0.4, 0.5) is 18.9 Å². The van der Waals surface area contributed by atoms with Gasteiger partial charge < -0.3 is 15.2 Å². The number of hydrogen-bond donors (Lipinski definition) is 2. The third-order valence-electron chi connectivity index (χ3n) is 6.47. The first kappa shape index (κ1) is 21.2. The monoisotopic (exact) mass is 433 g/mol. The summed E-state index contributed by atoms with van der Waals surface area (Å²) in [7, 11) is 1.17. The molecule has 8 heteroatoms. The van der Waals surface area contributed by atoms with Crippen LogP contribution < -0.4 is 5.32 Å². The van der Waals surface area contributed by atoms with Gasteiger partial charge in [-0.05, 0) is 48.1 Å². The number of carbonyl (C=O) groups excluding carboxylic acids is 2. The molecular weight excluding hydrogens is 411 g/mol. The van der Waals surface area contributed by atoms with Crippen molar-refractivity contribution < 1.29 is 32.6 Å². The maximum Gasteiger partial charge on any atom is 0.418 e. The van der Waals surface area contributed by atoms with Crippen LogP contribution in [0.2, 0.25) is 0 Å². The number of phenolic OH excluding ortho intramolecular Hbond substituents is 1. The van der Waals surface area contributed by atoms with Crippen LogP contribution in [0.15, 0.2) is 36.4 Å². The van der Waals surface area contributed by atoms with E-state index in [1.54, 1.807) is 6.07 Å². The smallest absolute Gasteiger partial charge is 0.418 e. The molecule has 1 atom stereocenters.